The number of carbonyl (C=O) groups excluding carboxylic acids is 1. The van der Waals surface area contributed by atoms with Crippen molar-refractivity contribution in [2.24, 2.45) is 5.92 Å². The van der Waals surface area contributed by atoms with Gasteiger partial charge in [-0.15, -0.1) is 11.3 Å². The lowest BCUT2D eigenvalue weighted by Crippen LogP contribution is -2.50. The molecule has 0 radical (unpaired) electrons. The van der Waals surface area contributed by atoms with E-state index in [1.807, 2.05) is 6.07 Å². The molecule has 0 aliphatic carbocycles. The first-order chi connectivity index (χ1) is 8.08. The van der Waals surface area contributed by atoms with Crippen LogP contribution in [0.1, 0.15) is 23.7 Å². The quantitative estimate of drug-likeness (QED) is 0.826. The summed E-state index contributed by atoms with van der Waals surface area (Å²) in [5.74, 6) is 0.528. The molecule has 0 spiro atoms. The van der Waals surface area contributed by atoms with E-state index >= 15 is 0 Å². The number of carbonyl (C=O) groups is 1. The highest BCUT2D eigenvalue weighted by Crippen LogP contribution is 2.31. The lowest BCUT2D eigenvalue weighted by atomic mass is 9.94. The lowest BCUT2D eigenvalue weighted by Gasteiger charge is -2.30. The molecule has 2 rings (SSSR count). The van der Waals surface area contributed by atoms with Gasteiger partial charge in [-0.2, -0.15) is 0 Å². The zero-order valence-corrected chi connectivity index (χ0v) is 13.4. The predicted molar refractivity (Wildman–Crippen MR) is 77.6 cm³/mol. The second-order valence-corrected chi connectivity index (χ2v) is 8.04. The standard InChI is InChI=1S/C11H14Br2N2OS/c1-6-2-3-14-5-8(6)15-11(16)7-4-9(12)17-10(7)13/h4,6,8,14H,2-3,5H2,1H3,(H,15,16). The maximum atomic E-state index is 12.1. The van der Waals surface area contributed by atoms with Gasteiger partial charge in [-0.1, -0.05) is 6.92 Å². The van der Waals surface area contributed by atoms with Crippen LogP contribution in [0.15, 0.2) is 13.6 Å². The molecule has 1 aliphatic heterocycles. The average molecular weight is 382 g/mol. The van der Waals surface area contributed by atoms with E-state index in [9.17, 15) is 4.79 Å². The van der Waals surface area contributed by atoms with Crippen molar-refractivity contribution in [3.05, 3.63) is 19.2 Å². The predicted octanol–water partition coefficient (Wildman–Crippen LogP) is 3.00. The topological polar surface area (TPSA) is 41.1 Å². The Morgan fingerprint density at radius 3 is 2.94 bits per heavy atom. The first-order valence-corrected chi connectivity index (χ1v) is 7.94. The summed E-state index contributed by atoms with van der Waals surface area (Å²) in [6, 6.07) is 2.08. The molecule has 94 valence electrons. The number of rotatable bonds is 2. The monoisotopic (exact) mass is 380 g/mol. The Morgan fingerprint density at radius 1 is 1.59 bits per heavy atom. The Labute approximate surface area is 122 Å². The fourth-order valence-corrected chi connectivity index (χ4v) is 4.72. The van der Waals surface area contributed by atoms with Crippen LogP contribution in [0.2, 0.25) is 0 Å². The highest BCUT2D eigenvalue weighted by molar-refractivity contribution is 9.12. The Bertz CT molecular complexity index is 422. The summed E-state index contributed by atoms with van der Waals surface area (Å²) in [6.07, 6.45) is 1.11. The van der Waals surface area contributed by atoms with Gasteiger partial charge in [-0.05, 0) is 56.8 Å². The molecule has 0 saturated carbocycles. The summed E-state index contributed by atoms with van der Waals surface area (Å²) in [5, 5.41) is 6.40. The molecule has 0 bridgehead atoms. The van der Waals surface area contributed by atoms with Gasteiger partial charge in [0.05, 0.1) is 13.1 Å². The van der Waals surface area contributed by atoms with E-state index in [2.05, 4.69) is 49.4 Å². The molecule has 17 heavy (non-hydrogen) atoms. The highest BCUT2D eigenvalue weighted by Gasteiger charge is 2.24. The lowest BCUT2D eigenvalue weighted by molar-refractivity contribution is 0.0915. The van der Waals surface area contributed by atoms with Crippen LogP contribution in [0.5, 0.6) is 0 Å². The summed E-state index contributed by atoms with van der Waals surface area (Å²) < 4.78 is 1.84. The number of hydrogen-bond acceptors (Lipinski definition) is 3. The van der Waals surface area contributed by atoms with E-state index in [0.717, 1.165) is 27.1 Å². The normalized spacial score (nSPS) is 24.6. The number of amides is 1. The molecule has 1 amide bonds. The third kappa shape index (κ3) is 3.30. The molecule has 3 nitrogen and oxygen atoms in total. The Morgan fingerprint density at radius 2 is 2.35 bits per heavy atom. The van der Waals surface area contributed by atoms with Crippen molar-refractivity contribution in [2.45, 2.75) is 19.4 Å². The van der Waals surface area contributed by atoms with Crippen LogP contribution in [0, 0.1) is 5.92 Å². The number of piperidine rings is 1. The van der Waals surface area contributed by atoms with Crippen LogP contribution in [-0.2, 0) is 0 Å². The van der Waals surface area contributed by atoms with E-state index in [-0.39, 0.29) is 11.9 Å². The molecule has 2 unspecified atom stereocenters. The summed E-state index contributed by atoms with van der Waals surface area (Å²) in [4.78, 5) is 12.1. The molecular formula is C11H14Br2N2OS. The van der Waals surface area contributed by atoms with Crippen molar-refractivity contribution in [3.8, 4) is 0 Å². The second kappa shape index (κ2) is 5.82. The molecule has 6 heteroatoms. The highest BCUT2D eigenvalue weighted by atomic mass is 79.9. The molecule has 2 heterocycles. The van der Waals surface area contributed by atoms with Gasteiger partial charge in [-0.25, -0.2) is 0 Å². The van der Waals surface area contributed by atoms with Crippen molar-refractivity contribution < 1.29 is 4.79 Å². The van der Waals surface area contributed by atoms with Crippen molar-refractivity contribution in [3.63, 3.8) is 0 Å². The molecule has 1 fully saturated rings. The number of halogens is 2. The van der Waals surface area contributed by atoms with Crippen molar-refractivity contribution in [2.75, 3.05) is 13.1 Å². The zero-order valence-electron chi connectivity index (χ0n) is 9.43. The molecule has 1 aliphatic rings. The fourth-order valence-electron chi connectivity index (χ4n) is 1.92. The SMILES string of the molecule is CC1CCNCC1NC(=O)c1cc(Br)sc1Br. The molecule has 1 aromatic heterocycles. The van der Waals surface area contributed by atoms with E-state index in [1.54, 1.807) is 0 Å². The fraction of sp³-hybridized carbons (Fsp3) is 0.545. The second-order valence-electron chi connectivity index (χ2n) is 4.29. The van der Waals surface area contributed by atoms with Gasteiger partial charge in [0.25, 0.3) is 5.91 Å². The molecule has 0 aromatic carbocycles. The van der Waals surface area contributed by atoms with Crippen LogP contribution in [-0.4, -0.2) is 25.0 Å². The van der Waals surface area contributed by atoms with Crippen LogP contribution in [0.4, 0.5) is 0 Å². The Hall–Kier alpha value is 0.0900. The summed E-state index contributed by atoms with van der Waals surface area (Å²) >= 11 is 8.31. The number of nitrogens with one attached hydrogen (secondary N) is 2. The first kappa shape index (κ1) is 13.5. The maximum Gasteiger partial charge on any atom is 0.253 e. The van der Waals surface area contributed by atoms with E-state index in [1.165, 1.54) is 11.3 Å². The number of thiophene rings is 1. The summed E-state index contributed by atoms with van der Waals surface area (Å²) in [7, 11) is 0. The van der Waals surface area contributed by atoms with Crippen molar-refractivity contribution in [1.29, 1.82) is 0 Å². The van der Waals surface area contributed by atoms with Gasteiger partial charge < -0.3 is 10.6 Å². The minimum absolute atomic E-state index is 0.000579. The van der Waals surface area contributed by atoms with Gasteiger partial charge in [0.1, 0.15) is 0 Å². The number of hydrogen-bond donors (Lipinski definition) is 2. The summed E-state index contributed by atoms with van der Waals surface area (Å²) in [6.45, 7) is 4.08. The van der Waals surface area contributed by atoms with E-state index in [0.29, 0.717) is 11.5 Å². The zero-order chi connectivity index (χ0) is 12.4. The van der Waals surface area contributed by atoms with Gasteiger partial charge in [0.2, 0.25) is 0 Å². The molecule has 1 saturated heterocycles. The first-order valence-electron chi connectivity index (χ1n) is 5.54. The van der Waals surface area contributed by atoms with Crippen LogP contribution >= 0.6 is 43.2 Å². The smallest absolute Gasteiger partial charge is 0.253 e. The van der Waals surface area contributed by atoms with Gasteiger partial charge in [0.15, 0.2) is 0 Å². The van der Waals surface area contributed by atoms with Crippen molar-refractivity contribution >= 4 is 49.1 Å². The van der Waals surface area contributed by atoms with Crippen LogP contribution in [0.3, 0.4) is 0 Å². The van der Waals surface area contributed by atoms with Gasteiger partial charge in [-0.3, -0.25) is 4.79 Å². The van der Waals surface area contributed by atoms with Gasteiger partial charge in [0, 0.05) is 12.6 Å². The largest absolute Gasteiger partial charge is 0.348 e. The average Bonchev–Trinajstić information content (AvgIpc) is 2.61. The molecule has 1 aromatic rings. The molecule has 2 atom stereocenters. The van der Waals surface area contributed by atoms with Crippen LogP contribution < -0.4 is 10.6 Å². The summed E-state index contributed by atoms with van der Waals surface area (Å²) in [5.41, 5.74) is 0.708. The molecule has 2 N–H and O–H groups in total. The maximum absolute atomic E-state index is 12.1. The Kier molecular flexibility index (Phi) is 4.63. The third-order valence-corrected chi connectivity index (χ3v) is 5.38. The van der Waals surface area contributed by atoms with Crippen molar-refractivity contribution in [1.82, 2.24) is 10.6 Å². The van der Waals surface area contributed by atoms with E-state index in [4.69, 9.17) is 0 Å². The molecular weight excluding hydrogens is 368 g/mol. The minimum atomic E-state index is -0.000579. The minimum Gasteiger partial charge on any atom is -0.348 e. The third-order valence-electron chi connectivity index (χ3n) is 3.05. The van der Waals surface area contributed by atoms with Crippen LogP contribution in [0.25, 0.3) is 0 Å². The Balaban J connectivity index is 2.03. The van der Waals surface area contributed by atoms with Gasteiger partial charge >= 0.3 is 0 Å². The van der Waals surface area contributed by atoms with E-state index < -0.39 is 0 Å².